The van der Waals surface area contributed by atoms with E-state index in [9.17, 15) is 4.79 Å². The minimum Gasteiger partial charge on any atom is -0.450 e. The fourth-order valence-electron chi connectivity index (χ4n) is 1.41. The molecule has 0 bridgehead atoms. The third-order valence-electron chi connectivity index (χ3n) is 2.01. The molecule has 13 heavy (non-hydrogen) atoms. The minimum atomic E-state index is -0.558. The average Bonchev–Trinajstić information content (AvgIpc) is 2.56. The van der Waals surface area contributed by atoms with Gasteiger partial charge in [-0.3, -0.25) is 0 Å². The van der Waals surface area contributed by atoms with Crippen LogP contribution < -0.4 is 0 Å². The van der Waals surface area contributed by atoms with Crippen molar-refractivity contribution in [3.63, 3.8) is 0 Å². The van der Waals surface area contributed by atoms with Crippen molar-refractivity contribution in [1.29, 1.82) is 0 Å². The summed E-state index contributed by atoms with van der Waals surface area (Å²) in [6.45, 7) is 3.70. The molecule has 68 valence electrons. The van der Waals surface area contributed by atoms with Crippen LogP contribution in [0, 0.1) is 0 Å². The zero-order chi connectivity index (χ0) is 9.47. The van der Waals surface area contributed by atoms with Crippen LogP contribution in [-0.4, -0.2) is 21.1 Å². The summed E-state index contributed by atoms with van der Waals surface area (Å²) >= 11 is 0. The molecular weight excluding hydrogens is 168 g/mol. The minimum absolute atomic E-state index is 0.297. The van der Waals surface area contributed by atoms with E-state index < -0.39 is 5.60 Å². The van der Waals surface area contributed by atoms with Crippen molar-refractivity contribution < 1.29 is 9.53 Å². The first-order chi connectivity index (χ1) is 6.09. The Morgan fingerprint density at radius 2 is 2.31 bits per heavy atom. The second-order valence-corrected chi connectivity index (χ2v) is 3.43. The molecule has 0 unspecified atom stereocenters. The number of aromatic nitrogens is 2. The first-order valence-corrected chi connectivity index (χ1v) is 4.03. The molecule has 1 aromatic rings. The molecule has 4 heteroatoms. The van der Waals surface area contributed by atoms with E-state index in [-0.39, 0.29) is 5.97 Å². The molecule has 4 nitrogen and oxygen atoms in total. The molecule has 0 fully saturated rings. The fraction of sp³-hybridized carbons (Fsp3) is 0.333. The number of carbonyl (C=O) groups excluding carboxylic acids is 1. The van der Waals surface area contributed by atoms with Gasteiger partial charge in [-0.15, -0.1) is 0 Å². The second-order valence-electron chi connectivity index (χ2n) is 3.43. The van der Waals surface area contributed by atoms with E-state index in [1.807, 2.05) is 13.8 Å². The number of carbonyl (C=O) groups is 1. The molecule has 1 aliphatic rings. The Morgan fingerprint density at radius 1 is 1.54 bits per heavy atom. The molecule has 2 rings (SSSR count). The number of cyclic esters (lactones) is 1. The predicted molar refractivity (Wildman–Crippen MR) is 46.7 cm³/mol. The molecule has 0 atom stereocenters. The fourth-order valence-corrected chi connectivity index (χ4v) is 1.41. The van der Waals surface area contributed by atoms with Gasteiger partial charge in [0.05, 0.1) is 12.0 Å². The van der Waals surface area contributed by atoms with Crippen LogP contribution in [0.2, 0.25) is 0 Å². The Hall–Kier alpha value is -1.58. The van der Waals surface area contributed by atoms with E-state index in [1.54, 1.807) is 23.3 Å². The lowest BCUT2D eigenvalue weighted by atomic mass is 10.1. The molecule has 0 saturated carbocycles. The van der Waals surface area contributed by atoms with Gasteiger partial charge in [-0.05, 0) is 13.8 Å². The van der Waals surface area contributed by atoms with Crippen molar-refractivity contribution in [3.8, 4) is 0 Å². The largest absolute Gasteiger partial charge is 0.450 e. The Bertz CT molecular complexity index is 363. The van der Waals surface area contributed by atoms with Crippen molar-refractivity contribution >= 4 is 11.7 Å². The molecular formula is C9H10N2O2. The van der Waals surface area contributed by atoms with Gasteiger partial charge >= 0.3 is 5.97 Å². The van der Waals surface area contributed by atoms with Gasteiger partial charge in [-0.25, -0.2) is 9.78 Å². The maximum atomic E-state index is 11.0. The number of esters is 1. The Morgan fingerprint density at radius 3 is 2.77 bits per heavy atom. The van der Waals surface area contributed by atoms with Gasteiger partial charge in [-0.1, -0.05) is 0 Å². The first kappa shape index (κ1) is 8.04. The number of hydrogen-bond acceptors (Lipinski definition) is 3. The second kappa shape index (κ2) is 2.45. The molecule has 0 aromatic carbocycles. The topological polar surface area (TPSA) is 44.1 Å². The number of hydrogen-bond donors (Lipinski definition) is 0. The number of ether oxygens (including phenoxy) is 1. The Balaban J connectivity index is 2.44. The van der Waals surface area contributed by atoms with Crippen LogP contribution in [0.15, 0.2) is 24.8 Å². The van der Waals surface area contributed by atoms with Gasteiger partial charge < -0.3 is 9.30 Å². The van der Waals surface area contributed by atoms with Crippen molar-refractivity contribution in [2.45, 2.75) is 19.4 Å². The summed E-state index contributed by atoms with van der Waals surface area (Å²) in [7, 11) is 0. The highest BCUT2D eigenvalue weighted by Crippen LogP contribution is 2.30. The molecule has 0 aliphatic carbocycles. The third kappa shape index (κ3) is 1.24. The molecule has 1 aromatic heterocycles. The summed E-state index contributed by atoms with van der Waals surface area (Å²) in [5, 5.41) is 0. The SMILES string of the molecule is CC1(C)OC(=O)C=C1n1ccnc1. The zero-order valence-electron chi connectivity index (χ0n) is 7.52. The lowest BCUT2D eigenvalue weighted by Gasteiger charge is -2.21. The van der Waals surface area contributed by atoms with Gasteiger partial charge in [0.25, 0.3) is 0 Å². The van der Waals surface area contributed by atoms with E-state index in [0.717, 1.165) is 5.70 Å². The molecule has 2 heterocycles. The van der Waals surface area contributed by atoms with Crippen LogP contribution in [0.4, 0.5) is 0 Å². The van der Waals surface area contributed by atoms with E-state index in [1.165, 1.54) is 6.08 Å². The quantitative estimate of drug-likeness (QED) is 0.604. The molecule has 0 N–H and O–H groups in total. The van der Waals surface area contributed by atoms with Crippen LogP contribution in [-0.2, 0) is 9.53 Å². The van der Waals surface area contributed by atoms with Crippen molar-refractivity contribution in [1.82, 2.24) is 9.55 Å². The summed E-state index contributed by atoms with van der Waals surface area (Å²) in [5.74, 6) is -0.297. The number of rotatable bonds is 1. The van der Waals surface area contributed by atoms with Crippen LogP contribution >= 0.6 is 0 Å². The molecule has 0 amide bonds. The van der Waals surface area contributed by atoms with Gasteiger partial charge in [-0.2, -0.15) is 0 Å². The van der Waals surface area contributed by atoms with Crippen molar-refractivity contribution in [2.75, 3.05) is 0 Å². The Kier molecular flexibility index (Phi) is 1.52. The molecule has 1 aliphatic heterocycles. The molecule has 0 spiro atoms. The van der Waals surface area contributed by atoms with Crippen LogP contribution in [0.25, 0.3) is 5.70 Å². The summed E-state index contributed by atoms with van der Waals surface area (Å²) in [6, 6.07) is 0. The lowest BCUT2D eigenvalue weighted by Crippen LogP contribution is -2.24. The smallest absolute Gasteiger partial charge is 0.333 e. The van der Waals surface area contributed by atoms with Crippen LogP contribution in [0.1, 0.15) is 13.8 Å². The summed E-state index contributed by atoms with van der Waals surface area (Å²) in [4.78, 5) is 14.9. The number of imidazole rings is 1. The summed E-state index contributed by atoms with van der Waals surface area (Å²) in [5.41, 5.74) is 0.257. The van der Waals surface area contributed by atoms with E-state index in [4.69, 9.17) is 4.74 Å². The highest BCUT2D eigenvalue weighted by atomic mass is 16.6. The van der Waals surface area contributed by atoms with Gasteiger partial charge in [0.2, 0.25) is 0 Å². The summed E-state index contributed by atoms with van der Waals surface area (Å²) < 4.78 is 6.89. The van der Waals surface area contributed by atoms with Gasteiger partial charge in [0.15, 0.2) is 0 Å². The van der Waals surface area contributed by atoms with Gasteiger partial charge in [0.1, 0.15) is 5.60 Å². The van der Waals surface area contributed by atoms with E-state index in [0.29, 0.717) is 0 Å². The average molecular weight is 178 g/mol. The normalized spacial score (nSPS) is 19.8. The third-order valence-corrected chi connectivity index (χ3v) is 2.01. The van der Waals surface area contributed by atoms with E-state index in [2.05, 4.69) is 4.98 Å². The summed E-state index contributed by atoms with van der Waals surface area (Å²) in [6.07, 6.45) is 6.59. The standard InChI is InChI=1S/C9H10N2O2/c1-9(2)7(5-8(12)13-9)11-4-3-10-6-11/h3-6H,1-2H3. The van der Waals surface area contributed by atoms with Crippen LogP contribution in [0.5, 0.6) is 0 Å². The monoisotopic (exact) mass is 178 g/mol. The highest BCUT2D eigenvalue weighted by molar-refractivity contribution is 5.94. The lowest BCUT2D eigenvalue weighted by molar-refractivity contribution is -0.143. The molecule has 0 radical (unpaired) electrons. The first-order valence-electron chi connectivity index (χ1n) is 4.03. The zero-order valence-corrected chi connectivity index (χ0v) is 7.52. The van der Waals surface area contributed by atoms with E-state index >= 15 is 0 Å². The van der Waals surface area contributed by atoms with Crippen molar-refractivity contribution in [2.24, 2.45) is 0 Å². The Labute approximate surface area is 75.8 Å². The number of nitrogens with zero attached hydrogens (tertiary/aromatic N) is 2. The molecule has 0 saturated heterocycles. The van der Waals surface area contributed by atoms with Crippen LogP contribution in [0.3, 0.4) is 0 Å². The highest BCUT2D eigenvalue weighted by Gasteiger charge is 2.34. The maximum Gasteiger partial charge on any atom is 0.333 e. The van der Waals surface area contributed by atoms with Gasteiger partial charge in [0, 0.05) is 18.5 Å². The maximum absolute atomic E-state index is 11.0. The predicted octanol–water partition coefficient (Wildman–Crippen LogP) is 1.06. The van der Waals surface area contributed by atoms with Crippen molar-refractivity contribution in [3.05, 3.63) is 24.8 Å².